The highest BCUT2D eigenvalue weighted by Gasteiger charge is 2.22. The minimum absolute atomic E-state index is 0.167. The Balaban J connectivity index is 1.40. The number of rotatable bonds is 5. The Morgan fingerprint density at radius 2 is 1.88 bits per heavy atom. The quantitative estimate of drug-likeness (QED) is 0.838. The molecule has 1 fully saturated rings. The van der Waals surface area contributed by atoms with Crippen LogP contribution in [0.3, 0.4) is 0 Å². The Morgan fingerprint density at radius 3 is 2.60 bits per heavy atom. The van der Waals surface area contributed by atoms with Crippen molar-refractivity contribution in [3.8, 4) is 0 Å². The predicted molar refractivity (Wildman–Crippen MR) is 103 cm³/mol. The van der Waals surface area contributed by atoms with Crippen LogP contribution in [0.25, 0.3) is 0 Å². The smallest absolute Gasteiger partial charge is 0.319 e. The number of hydrogen-bond acceptors (Lipinski definition) is 2. The molecule has 1 atom stereocenters. The lowest BCUT2D eigenvalue weighted by Gasteiger charge is -2.16. The molecule has 0 aliphatic carbocycles. The number of halogens is 1. The van der Waals surface area contributed by atoms with Gasteiger partial charge in [0, 0.05) is 30.3 Å². The molecule has 0 radical (unpaired) electrons. The Hall–Kier alpha value is -2.04. The molecule has 1 aliphatic heterocycles. The standard InChI is InChI=1S/C20H24ClN3O/c1-15-2-4-16(5-3-15)13-24-11-10-17(14-24)12-22-20(25)23-19-8-6-18(21)7-9-19/h2-9,17H,10-14H2,1H3,(H2,22,23,25)/t17-/m0/s1. The first kappa shape index (κ1) is 17.8. The predicted octanol–water partition coefficient (Wildman–Crippen LogP) is 4.29. The number of carbonyl (C=O) groups excluding carboxylic acids is 1. The first-order valence-electron chi connectivity index (χ1n) is 8.67. The van der Waals surface area contributed by atoms with Gasteiger partial charge in [0.1, 0.15) is 0 Å². The van der Waals surface area contributed by atoms with Gasteiger partial charge in [0.2, 0.25) is 0 Å². The van der Waals surface area contributed by atoms with Crippen molar-refractivity contribution >= 4 is 23.3 Å². The van der Waals surface area contributed by atoms with Crippen molar-refractivity contribution < 1.29 is 4.79 Å². The van der Waals surface area contributed by atoms with E-state index in [1.807, 2.05) is 0 Å². The summed E-state index contributed by atoms with van der Waals surface area (Å²) in [5.41, 5.74) is 3.38. The molecule has 1 aliphatic rings. The number of urea groups is 1. The van der Waals surface area contributed by atoms with Crippen molar-refractivity contribution in [2.75, 3.05) is 25.0 Å². The zero-order valence-corrected chi connectivity index (χ0v) is 15.2. The van der Waals surface area contributed by atoms with Crippen LogP contribution < -0.4 is 10.6 Å². The van der Waals surface area contributed by atoms with E-state index in [1.54, 1.807) is 24.3 Å². The third-order valence-corrected chi connectivity index (χ3v) is 4.80. The van der Waals surface area contributed by atoms with E-state index in [2.05, 4.69) is 46.7 Å². The molecular formula is C20H24ClN3O. The Bertz CT molecular complexity index is 700. The molecule has 0 spiro atoms. The van der Waals surface area contributed by atoms with Crippen molar-refractivity contribution in [2.45, 2.75) is 19.9 Å². The van der Waals surface area contributed by atoms with E-state index in [9.17, 15) is 4.79 Å². The average Bonchev–Trinajstić information content (AvgIpc) is 3.05. The minimum Gasteiger partial charge on any atom is -0.338 e. The molecular weight excluding hydrogens is 334 g/mol. The minimum atomic E-state index is -0.167. The first-order chi connectivity index (χ1) is 12.1. The highest BCUT2D eigenvalue weighted by atomic mass is 35.5. The van der Waals surface area contributed by atoms with E-state index in [-0.39, 0.29) is 6.03 Å². The summed E-state index contributed by atoms with van der Waals surface area (Å²) in [4.78, 5) is 14.4. The molecule has 132 valence electrons. The molecule has 2 amide bonds. The second-order valence-corrected chi connectivity index (χ2v) is 7.15. The third-order valence-electron chi connectivity index (χ3n) is 4.55. The van der Waals surface area contributed by atoms with Crippen molar-refractivity contribution in [1.82, 2.24) is 10.2 Å². The van der Waals surface area contributed by atoms with Crippen molar-refractivity contribution in [1.29, 1.82) is 0 Å². The summed E-state index contributed by atoms with van der Waals surface area (Å²) in [5, 5.41) is 6.45. The van der Waals surface area contributed by atoms with Crippen molar-refractivity contribution in [2.24, 2.45) is 5.92 Å². The van der Waals surface area contributed by atoms with Gasteiger partial charge < -0.3 is 10.6 Å². The zero-order chi connectivity index (χ0) is 17.6. The zero-order valence-electron chi connectivity index (χ0n) is 14.5. The molecule has 5 heteroatoms. The summed E-state index contributed by atoms with van der Waals surface area (Å²) in [6, 6.07) is 15.6. The van der Waals surface area contributed by atoms with Gasteiger partial charge in [-0.2, -0.15) is 0 Å². The lowest BCUT2D eigenvalue weighted by molar-refractivity contribution is 0.249. The number of benzene rings is 2. The van der Waals surface area contributed by atoms with Gasteiger partial charge in [0.25, 0.3) is 0 Å². The molecule has 4 nitrogen and oxygen atoms in total. The van der Waals surface area contributed by atoms with E-state index in [1.165, 1.54) is 11.1 Å². The second-order valence-electron chi connectivity index (χ2n) is 6.72. The number of hydrogen-bond donors (Lipinski definition) is 2. The van der Waals surface area contributed by atoms with Gasteiger partial charge in [-0.05, 0) is 55.6 Å². The number of carbonyl (C=O) groups is 1. The molecule has 3 rings (SSSR count). The molecule has 1 saturated heterocycles. The van der Waals surface area contributed by atoms with E-state index in [0.717, 1.165) is 31.7 Å². The molecule has 0 saturated carbocycles. The fourth-order valence-corrected chi connectivity index (χ4v) is 3.25. The second kappa shape index (κ2) is 8.37. The number of aryl methyl sites for hydroxylation is 1. The lowest BCUT2D eigenvalue weighted by Crippen LogP contribution is -2.34. The largest absolute Gasteiger partial charge is 0.338 e. The molecule has 1 heterocycles. The molecule has 25 heavy (non-hydrogen) atoms. The highest BCUT2D eigenvalue weighted by molar-refractivity contribution is 6.30. The van der Waals surface area contributed by atoms with Crippen LogP contribution >= 0.6 is 11.6 Å². The first-order valence-corrected chi connectivity index (χ1v) is 9.04. The number of likely N-dealkylation sites (tertiary alicyclic amines) is 1. The molecule has 2 N–H and O–H groups in total. The summed E-state index contributed by atoms with van der Waals surface area (Å²) in [6.07, 6.45) is 1.12. The topological polar surface area (TPSA) is 44.4 Å². The van der Waals surface area contributed by atoms with Crippen LogP contribution in [0.4, 0.5) is 10.5 Å². The average molecular weight is 358 g/mol. The van der Waals surface area contributed by atoms with E-state index >= 15 is 0 Å². The van der Waals surface area contributed by atoms with Crippen LogP contribution in [0.15, 0.2) is 48.5 Å². The number of nitrogens with one attached hydrogen (secondary N) is 2. The fraction of sp³-hybridized carbons (Fsp3) is 0.350. The molecule has 2 aromatic rings. The van der Waals surface area contributed by atoms with Crippen LogP contribution in [0.1, 0.15) is 17.5 Å². The Labute approximate surface area is 154 Å². The monoisotopic (exact) mass is 357 g/mol. The van der Waals surface area contributed by atoms with Gasteiger partial charge in [-0.15, -0.1) is 0 Å². The fourth-order valence-electron chi connectivity index (χ4n) is 3.12. The maximum atomic E-state index is 12.0. The van der Waals surface area contributed by atoms with Crippen molar-refractivity contribution in [3.05, 3.63) is 64.7 Å². The maximum absolute atomic E-state index is 12.0. The highest BCUT2D eigenvalue weighted by Crippen LogP contribution is 2.18. The SMILES string of the molecule is Cc1ccc(CN2CC[C@@H](CNC(=O)Nc3ccc(Cl)cc3)C2)cc1. The van der Waals surface area contributed by atoms with Crippen LogP contribution in [0.2, 0.25) is 5.02 Å². The van der Waals surface area contributed by atoms with Crippen molar-refractivity contribution in [3.63, 3.8) is 0 Å². The lowest BCUT2D eigenvalue weighted by atomic mass is 10.1. The van der Waals surface area contributed by atoms with Gasteiger partial charge in [-0.3, -0.25) is 4.90 Å². The molecule has 2 aromatic carbocycles. The number of nitrogens with zero attached hydrogens (tertiary/aromatic N) is 1. The van der Waals surface area contributed by atoms with Gasteiger partial charge in [0.05, 0.1) is 0 Å². The van der Waals surface area contributed by atoms with Crippen LogP contribution in [0, 0.1) is 12.8 Å². The molecule has 0 bridgehead atoms. The molecule has 0 unspecified atom stereocenters. The van der Waals surface area contributed by atoms with E-state index < -0.39 is 0 Å². The van der Waals surface area contributed by atoms with Gasteiger partial charge in [0.15, 0.2) is 0 Å². The number of amides is 2. The van der Waals surface area contributed by atoms with E-state index in [0.29, 0.717) is 17.5 Å². The summed E-state index contributed by atoms with van der Waals surface area (Å²) in [6.45, 7) is 5.89. The Morgan fingerprint density at radius 1 is 1.16 bits per heavy atom. The van der Waals surface area contributed by atoms with E-state index in [4.69, 9.17) is 11.6 Å². The Kier molecular flexibility index (Phi) is 5.95. The maximum Gasteiger partial charge on any atom is 0.319 e. The van der Waals surface area contributed by atoms with Gasteiger partial charge in [-0.25, -0.2) is 4.79 Å². The summed E-state index contributed by atoms with van der Waals surface area (Å²) in [5.74, 6) is 0.501. The summed E-state index contributed by atoms with van der Waals surface area (Å²) in [7, 11) is 0. The van der Waals surface area contributed by atoms with Crippen LogP contribution in [-0.4, -0.2) is 30.6 Å². The normalized spacial score (nSPS) is 17.4. The van der Waals surface area contributed by atoms with Gasteiger partial charge in [-0.1, -0.05) is 41.4 Å². The van der Waals surface area contributed by atoms with Crippen LogP contribution in [0.5, 0.6) is 0 Å². The third kappa shape index (κ3) is 5.48. The summed E-state index contributed by atoms with van der Waals surface area (Å²) >= 11 is 5.84. The molecule has 0 aromatic heterocycles. The van der Waals surface area contributed by atoms with Gasteiger partial charge >= 0.3 is 6.03 Å². The van der Waals surface area contributed by atoms with Crippen LogP contribution in [-0.2, 0) is 6.54 Å². The number of anilines is 1. The summed E-state index contributed by atoms with van der Waals surface area (Å²) < 4.78 is 0.